The number of nitrogens with zero attached hydrogens (tertiary/aromatic N) is 3. The van der Waals surface area contributed by atoms with Gasteiger partial charge >= 0.3 is 5.97 Å². The lowest BCUT2D eigenvalue weighted by atomic mass is 9.93. The third-order valence-corrected chi connectivity index (χ3v) is 4.84. The number of carbonyl (C=O) groups excluding carboxylic acids is 2. The normalized spacial score (nSPS) is 19.1. The maximum Gasteiger partial charge on any atom is 0.321 e. The molecule has 1 aliphatic rings. The van der Waals surface area contributed by atoms with Gasteiger partial charge in [-0.15, -0.1) is 0 Å². The van der Waals surface area contributed by atoms with E-state index in [4.69, 9.17) is 13.9 Å². The fourth-order valence-electron chi connectivity index (χ4n) is 3.65. The van der Waals surface area contributed by atoms with Gasteiger partial charge in [-0.1, -0.05) is 12.1 Å². The Hall–Kier alpha value is -3.13. The topological polar surface area (TPSA) is 86.8 Å². The Morgan fingerprint density at radius 2 is 2.07 bits per heavy atom. The number of aromatic nitrogens is 2. The van der Waals surface area contributed by atoms with Gasteiger partial charge in [-0.25, -0.2) is 4.98 Å². The summed E-state index contributed by atoms with van der Waals surface area (Å²) in [5.74, 6) is -1.07. The smallest absolute Gasteiger partial charge is 0.321 e. The summed E-state index contributed by atoms with van der Waals surface area (Å²) < 4.78 is 17.9. The van der Waals surface area contributed by atoms with E-state index in [-0.39, 0.29) is 19.1 Å². The maximum atomic E-state index is 13.4. The summed E-state index contributed by atoms with van der Waals surface area (Å²) in [5.41, 5.74) is 1.54. The summed E-state index contributed by atoms with van der Waals surface area (Å²) in [6.45, 7) is 2.49. The van der Waals surface area contributed by atoms with E-state index in [0.717, 1.165) is 11.0 Å². The summed E-state index contributed by atoms with van der Waals surface area (Å²) >= 11 is 0. The summed E-state index contributed by atoms with van der Waals surface area (Å²) in [6, 6.07) is 10.4. The maximum absolute atomic E-state index is 13.4. The fraction of sp³-hybridized carbons (Fsp3) is 0.350. The van der Waals surface area contributed by atoms with Crippen molar-refractivity contribution in [3.63, 3.8) is 0 Å². The second-order valence-corrected chi connectivity index (χ2v) is 6.44. The first-order valence-electron chi connectivity index (χ1n) is 9.14. The van der Waals surface area contributed by atoms with E-state index < -0.39 is 17.9 Å². The molecule has 0 unspecified atom stereocenters. The van der Waals surface area contributed by atoms with Crippen molar-refractivity contribution in [3.8, 4) is 0 Å². The Morgan fingerprint density at radius 1 is 1.25 bits per heavy atom. The number of imidazole rings is 1. The van der Waals surface area contributed by atoms with Crippen molar-refractivity contribution in [1.29, 1.82) is 0 Å². The zero-order valence-corrected chi connectivity index (χ0v) is 15.7. The molecule has 1 amide bonds. The van der Waals surface area contributed by atoms with Crippen LogP contribution in [0.5, 0.6) is 0 Å². The number of fused-ring (bicyclic) bond motifs is 3. The first kappa shape index (κ1) is 18.2. The average Bonchev–Trinajstić information content (AvgIpc) is 3.34. The Labute approximate surface area is 161 Å². The standard InChI is InChI=1S/C20H21N3O5/c1-3-27-19(25)16-17(15-9-6-11-28-15)23-14-8-5-4-7-13(14)21-20(23)22(18(16)24)10-12-26-2/h4-9,11,16-17H,3,10,12H2,1-2H3/t16-,17-/m1/s1. The monoisotopic (exact) mass is 383 g/mol. The van der Waals surface area contributed by atoms with Crippen LogP contribution in [0.2, 0.25) is 0 Å². The van der Waals surface area contributed by atoms with E-state index in [9.17, 15) is 9.59 Å². The molecule has 0 N–H and O–H groups in total. The number of amides is 1. The molecule has 3 heterocycles. The number of anilines is 1. The van der Waals surface area contributed by atoms with Gasteiger partial charge in [-0.05, 0) is 31.2 Å². The van der Waals surface area contributed by atoms with E-state index in [0.29, 0.717) is 18.3 Å². The molecule has 8 nitrogen and oxygen atoms in total. The minimum absolute atomic E-state index is 0.184. The molecule has 146 valence electrons. The Morgan fingerprint density at radius 3 is 2.79 bits per heavy atom. The van der Waals surface area contributed by atoms with Gasteiger partial charge in [0.05, 0.1) is 37.1 Å². The molecule has 0 saturated carbocycles. The Bertz CT molecular complexity index is 995. The molecule has 2 atom stereocenters. The lowest BCUT2D eigenvalue weighted by molar-refractivity contribution is -0.153. The zero-order valence-electron chi connectivity index (χ0n) is 15.7. The van der Waals surface area contributed by atoms with Gasteiger partial charge in [0.2, 0.25) is 11.9 Å². The number of furan rings is 1. The first-order valence-corrected chi connectivity index (χ1v) is 9.14. The van der Waals surface area contributed by atoms with E-state index in [1.54, 1.807) is 26.2 Å². The highest BCUT2D eigenvalue weighted by atomic mass is 16.5. The van der Waals surface area contributed by atoms with Gasteiger partial charge in [0.1, 0.15) is 11.8 Å². The highest BCUT2D eigenvalue weighted by molar-refractivity contribution is 6.08. The second kappa shape index (κ2) is 7.47. The highest BCUT2D eigenvalue weighted by Gasteiger charge is 2.48. The summed E-state index contributed by atoms with van der Waals surface area (Å²) in [6.07, 6.45) is 1.53. The molecule has 8 heteroatoms. The Balaban J connectivity index is 1.95. The minimum Gasteiger partial charge on any atom is -0.467 e. The molecule has 28 heavy (non-hydrogen) atoms. The lowest BCUT2D eigenvalue weighted by Gasteiger charge is -2.36. The van der Waals surface area contributed by atoms with Crippen LogP contribution in [-0.4, -0.2) is 48.3 Å². The van der Waals surface area contributed by atoms with Gasteiger partial charge in [0.25, 0.3) is 0 Å². The predicted octanol–water partition coefficient (Wildman–Crippen LogP) is 2.39. The number of hydrogen-bond acceptors (Lipinski definition) is 6. The molecule has 3 aromatic rings. The van der Waals surface area contributed by atoms with Gasteiger partial charge in [-0.3, -0.25) is 19.1 Å². The molecule has 1 aliphatic heterocycles. The fourth-order valence-corrected chi connectivity index (χ4v) is 3.65. The van der Waals surface area contributed by atoms with Crippen LogP contribution in [0.15, 0.2) is 47.1 Å². The van der Waals surface area contributed by atoms with Crippen LogP contribution in [0.1, 0.15) is 18.7 Å². The lowest BCUT2D eigenvalue weighted by Crippen LogP contribution is -2.51. The van der Waals surface area contributed by atoms with Gasteiger partial charge in [0.15, 0.2) is 5.92 Å². The molecule has 1 aromatic carbocycles. The van der Waals surface area contributed by atoms with Crippen LogP contribution >= 0.6 is 0 Å². The highest BCUT2D eigenvalue weighted by Crippen LogP contribution is 2.41. The molecule has 0 saturated heterocycles. The summed E-state index contributed by atoms with van der Waals surface area (Å²) in [4.78, 5) is 32.3. The number of para-hydroxylation sites is 2. The van der Waals surface area contributed by atoms with Crippen LogP contribution in [0.4, 0.5) is 5.95 Å². The van der Waals surface area contributed by atoms with Crippen molar-refractivity contribution in [2.24, 2.45) is 5.92 Å². The van der Waals surface area contributed by atoms with Crippen LogP contribution in [0, 0.1) is 5.92 Å². The van der Waals surface area contributed by atoms with Crippen LogP contribution < -0.4 is 4.90 Å². The van der Waals surface area contributed by atoms with E-state index in [2.05, 4.69) is 4.98 Å². The van der Waals surface area contributed by atoms with Crippen LogP contribution in [-0.2, 0) is 19.1 Å². The number of carbonyl (C=O) groups is 2. The average molecular weight is 383 g/mol. The van der Waals surface area contributed by atoms with Crippen molar-refractivity contribution < 1.29 is 23.5 Å². The summed E-state index contributed by atoms with van der Waals surface area (Å²) in [5, 5.41) is 0. The predicted molar refractivity (Wildman–Crippen MR) is 101 cm³/mol. The summed E-state index contributed by atoms with van der Waals surface area (Å²) in [7, 11) is 1.56. The zero-order chi connectivity index (χ0) is 19.7. The molecular weight excluding hydrogens is 362 g/mol. The quantitative estimate of drug-likeness (QED) is 0.480. The van der Waals surface area contributed by atoms with E-state index in [1.807, 2.05) is 28.8 Å². The molecule has 0 fully saturated rings. The third kappa shape index (κ3) is 2.86. The molecule has 0 bridgehead atoms. The number of hydrogen-bond donors (Lipinski definition) is 0. The van der Waals surface area contributed by atoms with Crippen LogP contribution in [0.3, 0.4) is 0 Å². The second-order valence-electron chi connectivity index (χ2n) is 6.44. The van der Waals surface area contributed by atoms with Crippen molar-refractivity contribution in [3.05, 3.63) is 48.4 Å². The van der Waals surface area contributed by atoms with E-state index in [1.165, 1.54) is 11.2 Å². The van der Waals surface area contributed by atoms with Crippen molar-refractivity contribution >= 4 is 28.9 Å². The molecule has 0 aliphatic carbocycles. The largest absolute Gasteiger partial charge is 0.467 e. The number of methoxy groups -OCH3 is 1. The number of ether oxygens (including phenoxy) is 2. The first-order chi connectivity index (χ1) is 13.7. The number of esters is 1. The minimum atomic E-state index is -1.08. The number of rotatable bonds is 6. The van der Waals surface area contributed by atoms with Crippen molar-refractivity contribution in [1.82, 2.24) is 9.55 Å². The molecule has 0 spiro atoms. The van der Waals surface area contributed by atoms with Gasteiger partial charge < -0.3 is 13.9 Å². The van der Waals surface area contributed by atoms with Crippen LogP contribution in [0.25, 0.3) is 11.0 Å². The molecule has 2 aromatic heterocycles. The van der Waals surface area contributed by atoms with Crippen molar-refractivity contribution in [2.75, 3.05) is 31.8 Å². The molecular formula is C20H21N3O5. The third-order valence-electron chi connectivity index (χ3n) is 4.84. The number of benzene rings is 1. The van der Waals surface area contributed by atoms with Gasteiger partial charge in [-0.2, -0.15) is 0 Å². The molecule has 4 rings (SSSR count). The van der Waals surface area contributed by atoms with E-state index >= 15 is 0 Å². The van der Waals surface area contributed by atoms with Gasteiger partial charge in [0, 0.05) is 7.11 Å². The SMILES string of the molecule is CCOC(=O)[C@H]1C(=O)N(CCOC)c2nc3ccccc3n2[C@@H]1c1ccco1. The molecule has 0 radical (unpaired) electrons. The van der Waals surface area contributed by atoms with Crippen molar-refractivity contribution in [2.45, 2.75) is 13.0 Å². The Kier molecular flexibility index (Phi) is 4.87.